The van der Waals surface area contributed by atoms with E-state index in [0.717, 1.165) is 66.1 Å². The second-order valence-electron chi connectivity index (χ2n) is 14.4. The van der Waals surface area contributed by atoms with Crippen molar-refractivity contribution in [2.24, 2.45) is 0 Å². The van der Waals surface area contributed by atoms with Crippen LogP contribution in [0.5, 0.6) is 0 Å². The standard InChI is InChI=1S/C51H30N4OS/c1-3-13-31(14-4-1)49-52-50(32-15-5-2-6-16-32)54-51(53-49)39-26-25-38-36-18-8-11-21-44(36)56-48(38)47(39)55-42-20-10-7-17-35(42)40-29-33(23-27-43(40)55)34-24-28-46-41(30-34)37-19-9-12-22-45(37)57-46/h1-30H. The maximum atomic E-state index is 6.87. The van der Waals surface area contributed by atoms with Crippen molar-refractivity contribution in [3.63, 3.8) is 0 Å². The van der Waals surface area contributed by atoms with Gasteiger partial charge in [0.1, 0.15) is 11.3 Å². The predicted octanol–water partition coefficient (Wildman–Crippen LogP) is 13.9. The van der Waals surface area contributed by atoms with E-state index >= 15 is 0 Å². The molecule has 0 aliphatic carbocycles. The van der Waals surface area contributed by atoms with Crippen LogP contribution in [0.4, 0.5) is 0 Å². The van der Waals surface area contributed by atoms with Crippen molar-refractivity contribution >= 4 is 75.3 Å². The first-order chi connectivity index (χ1) is 28.2. The number of nitrogens with zero attached hydrogens (tertiary/aromatic N) is 4. The number of rotatable bonds is 5. The zero-order valence-electron chi connectivity index (χ0n) is 30.4. The van der Waals surface area contributed by atoms with E-state index in [2.05, 4.69) is 114 Å². The molecule has 12 aromatic rings. The normalized spacial score (nSPS) is 11.9. The van der Waals surface area contributed by atoms with E-state index in [-0.39, 0.29) is 0 Å². The average molecular weight is 747 g/mol. The molecule has 266 valence electrons. The summed E-state index contributed by atoms with van der Waals surface area (Å²) in [6.07, 6.45) is 0. The zero-order chi connectivity index (χ0) is 37.5. The smallest absolute Gasteiger partial charge is 0.166 e. The first kappa shape index (κ1) is 31.9. The molecule has 6 heteroatoms. The number of fused-ring (bicyclic) bond motifs is 9. The third kappa shape index (κ3) is 5.04. The van der Waals surface area contributed by atoms with Crippen LogP contribution in [0, 0.1) is 0 Å². The second-order valence-corrected chi connectivity index (χ2v) is 15.5. The summed E-state index contributed by atoms with van der Waals surface area (Å²) >= 11 is 1.85. The van der Waals surface area contributed by atoms with Gasteiger partial charge in [0.15, 0.2) is 23.1 Å². The molecule has 0 N–H and O–H groups in total. The van der Waals surface area contributed by atoms with Crippen molar-refractivity contribution in [1.82, 2.24) is 19.5 Å². The Morgan fingerprint density at radius 3 is 1.74 bits per heavy atom. The van der Waals surface area contributed by atoms with Gasteiger partial charge in [-0.1, -0.05) is 127 Å². The van der Waals surface area contributed by atoms with E-state index in [0.29, 0.717) is 17.5 Å². The summed E-state index contributed by atoms with van der Waals surface area (Å²) in [5, 5.41) is 6.99. The number of para-hydroxylation sites is 2. The van der Waals surface area contributed by atoms with Gasteiger partial charge in [-0.05, 0) is 65.7 Å². The number of aromatic nitrogens is 4. The Hall–Kier alpha value is -7.41. The van der Waals surface area contributed by atoms with Gasteiger partial charge < -0.3 is 8.98 Å². The minimum atomic E-state index is 0.568. The van der Waals surface area contributed by atoms with Gasteiger partial charge in [0.2, 0.25) is 0 Å². The molecule has 0 saturated carbocycles. The Labute approximate surface area is 330 Å². The second kappa shape index (κ2) is 12.6. The number of hydrogen-bond donors (Lipinski definition) is 0. The van der Waals surface area contributed by atoms with E-state index in [4.69, 9.17) is 19.4 Å². The lowest BCUT2D eigenvalue weighted by Crippen LogP contribution is -2.04. The van der Waals surface area contributed by atoms with Crippen LogP contribution in [-0.2, 0) is 0 Å². The highest BCUT2D eigenvalue weighted by Crippen LogP contribution is 2.44. The lowest BCUT2D eigenvalue weighted by Gasteiger charge is -2.15. The first-order valence-corrected chi connectivity index (χ1v) is 19.8. The first-order valence-electron chi connectivity index (χ1n) is 19.0. The molecule has 4 aromatic heterocycles. The van der Waals surface area contributed by atoms with Crippen LogP contribution in [-0.4, -0.2) is 19.5 Å². The van der Waals surface area contributed by atoms with Crippen molar-refractivity contribution in [2.75, 3.05) is 0 Å². The highest BCUT2D eigenvalue weighted by Gasteiger charge is 2.24. The molecule has 0 aliphatic rings. The molecule has 0 radical (unpaired) electrons. The summed E-state index contributed by atoms with van der Waals surface area (Å²) in [7, 11) is 0. The van der Waals surface area contributed by atoms with E-state index in [1.807, 2.05) is 84.1 Å². The maximum absolute atomic E-state index is 6.87. The fourth-order valence-corrected chi connectivity index (χ4v) is 9.49. The molecule has 0 saturated heterocycles. The van der Waals surface area contributed by atoms with Gasteiger partial charge in [0, 0.05) is 58.4 Å². The summed E-state index contributed by atoms with van der Waals surface area (Å²) in [5.74, 6) is 1.79. The molecule has 0 atom stereocenters. The quantitative estimate of drug-likeness (QED) is 0.176. The monoisotopic (exact) mass is 746 g/mol. The van der Waals surface area contributed by atoms with Crippen LogP contribution >= 0.6 is 11.3 Å². The van der Waals surface area contributed by atoms with Crippen molar-refractivity contribution in [2.45, 2.75) is 0 Å². The van der Waals surface area contributed by atoms with Crippen LogP contribution in [0.15, 0.2) is 186 Å². The number of hydrogen-bond acceptors (Lipinski definition) is 5. The third-order valence-electron chi connectivity index (χ3n) is 11.1. The Bertz CT molecular complexity index is 3470. The number of thiophene rings is 1. The molecule has 8 aromatic carbocycles. The van der Waals surface area contributed by atoms with Crippen molar-refractivity contribution in [3.8, 4) is 51.0 Å². The van der Waals surface area contributed by atoms with Crippen molar-refractivity contribution in [3.05, 3.63) is 182 Å². The number of benzene rings is 8. The van der Waals surface area contributed by atoms with E-state index < -0.39 is 0 Å². The Morgan fingerprint density at radius 1 is 0.386 bits per heavy atom. The van der Waals surface area contributed by atoms with Gasteiger partial charge in [-0.15, -0.1) is 11.3 Å². The molecule has 12 rings (SSSR count). The zero-order valence-corrected chi connectivity index (χ0v) is 31.2. The molecule has 0 aliphatic heterocycles. The summed E-state index contributed by atoms with van der Waals surface area (Å²) in [6.45, 7) is 0. The molecule has 0 fully saturated rings. The summed E-state index contributed by atoms with van der Waals surface area (Å²) < 4.78 is 11.8. The highest BCUT2D eigenvalue weighted by atomic mass is 32.1. The summed E-state index contributed by atoms with van der Waals surface area (Å²) in [6, 6.07) is 63.8. The van der Waals surface area contributed by atoms with E-state index in [1.165, 1.54) is 31.3 Å². The Balaban J connectivity index is 1.15. The van der Waals surface area contributed by atoms with Gasteiger partial charge in [-0.3, -0.25) is 0 Å². The average Bonchev–Trinajstić information content (AvgIpc) is 3.96. The molecular weight excluding hydrogens is 717 g/mol. The lowest BCUT2D eigenvalue weighted by atomic mass is 10.0. The molecule has 4 heterocycles. The summed E-state index contributed by atoms with van der Waals surface area (Å²) in [5.41, 5.74) is 9.67. The summed E-state index contributed by atoms with van der Waals surface area (Å²) in [4.78, 5) is 15.4. The highest BCUT2D eigenvalue weighted by molar-refractivity contribution is 7.25. The fourth-order valence-electron chi connectivity index (χ4n) is 8.41. The van der Waals surface area contributed by atoms with Crippen LogP contribution in [0.1, 0.15) is 0 Å². The van der Waals surface area contributed by atoms with Crippen LogP contribution in [0.2, 0.25) is 0 Å². The molecule has 0 amide bonds. The molecule has 0 bridgehead atoms. The van der Waals surface area contributed by atoms with E-state index in [1.54, 1.807) is 0 Å². The minimum absolute atomic E-state index is 0.568. The van der Waals surface area contributed by atoms with Crippen LogP contribution in [0.25, 0.3) is 115 Å². The Kier molecular flexibility index (Phi) is 7.03. The van der Waals surface area contributed by atoms with Crippen LogP contribution in [0.3, 0.4) is 0 Å². The maximum Gasteiger partial charge on any atom is 0.166 e. The molecule has 5 nitrogen and oxygen atoms in total. The predicted molar refractivity (Wildman–Crippen MR) is 236 cm³/mol. The SMILES string of the molecule is c1ccc(-c2nc(-c3ccccc3)nc(-c3ccc4c(oc5ccccc54)c3-n3c4ccccc4c4cc(-c5ccc6sc7ccccc7c6c5)ccc43)n2)cc1. The van der Waals surface area contributed by atoms with Gasteiger partial charge in [-0.25, -0.2) is 15.0 Å². The van der Waals surface area contributed by atoms with Gasteiger partial charge in [0.05, 0.1) is 11.0 Å². The lowest BCUT2D eigenvalue weighted by molar-refractivity contribution is 0.666. The molecular formula is C51H30N4OS. The minimum Gasteiger partial charge on any atom is -0.454 e. The van der Waals surface area contributed by atoms with Gasteiger partial charge in [-0.2, -0.15) is 0 Å². The van der Waals surface area contributed by atoms with E-state index in [9.17, 15) is 0 Å². The topological polar surface area (TPSA) is 56.7 Å². The van der Waals surface area contributed by atoms with Gasteiger partial charge in [0.25, 0.3) is 0 Å². The number of furan rings is 1. The largest absolute Gasteiger partial charge is 0.454 e. The molecule has 0 spiro atoms. The van der Waals surface area contributed by atoms with Crippen molar-refractivity contribution in [1.29, 1.82) is 0 Å². The van der Waals surface area contributed by atoms with Gasteiger partial charge >= 0.3 is 0 Å². The Morgan fingerprint density at radius 2 is 0.965 bits per heavy atom. The molecule has 57 heavy (non-hydrogen) atoms. The third-order valence-corrected chi connectivity index (χ3v) is 12.2. The fraction of sp³-hybridized carbons (Fsp3) is 0. The molecule has 0 unspecified atom stereocenters. The van der Waals surface area contributed by atoms with Crippen LogP contribution < -0.4 is 0 Å². The van der Waals surface area contributed by atoms with Crippen molar-refractivity contribution < 1.29 is 4.42 Å².